The van der Waals surface area contributed by atoms with Gasteiger partial charge in [0.15, 0.2) is 6.04 Å². The number of benzene rings is 2. The number of hydrogen-bond donors (Lipinski definition) is 5. The first kappa shape index (κ1) is 35.9. The topological polar surface area (TPSA) is 118 Å². The number of amides is 2. The molecule has 4 atom stereocenters. The molecule has 38 heavy (non-hydrogen) atoms. The smallest absolute Gasteiger partial charge is 0.416 e. The number of carbonyl (C=O) groups excluding carboxylic acids is 2. The van der Waals surface area contributed by atoms with Crippen molar-refractivity contribution >= 4 is 17.5 Å². The summed E-state index contributed by atoms with van der Waals surface area (Å²) in [7, 11) is 0. The van der Waals surface area contributed by atoms with Gasteiger partial charge >= 0.3 is 6.18 Å². The second-order valence-corrected chi connectivity index (χ2v) is 9.25. The molecule has 0 saturated carbocycles. The number of halogens is 6. The number of carbonyl (C=O) groups is 2. The minimum absolute atomic E-state index is 0. The van der Waals surface area contributed by atoms with Crippen molar-refractivity contribution in [2.75, 3.05) is 25.0 Å². The zero-order valence-electron chi connectivity index (χ0n) is 20.9. The van der Waals surface area contributed by atoms with Crippen LogP contribution < -0.4 is 64.2 Å². The lowest BCUT2D eigenvalue weighted by atomic mass is 10.0. The standard InChI is InChI=1S/C25H32F3N5O2.3ClH/c26-25(27,28)18-7-4-8-20(15-18)31-24(35)22(10-9-17-5-2-1-3-6-17)32-23(34)21(30)12-14-33-13-11-19(29)16-33;;;/h1-8,15,19,21-22H,9-14,16,29-30H2,(H,31,35)(H,32,34);3*1H/t19-,21+,22+;;;/m1.../s1. The molecule has 7 nitrogen and oxygen atoms in total. The van der Waals surface area contributed by atoms with Gasteiger partial charge in [0.05, 0.1) is 31.5 Å². The largest absolute Gasteiger partial charge is 1.00 e. The fraction of sp³-hybridized carbons (Fsp3) is 0.440. The predicted octanol–water partition coefficient (Wildman–Crippen LogP) is -9.33. The van der Waals surface area contributed by atoms with Crippen LogP contribution in [0.2, 0.25) is 0 Å². The Hall–Kier alpha value is -2.08. The molecule has 1 unspecified atom stereocenters. The number of hydrogen-bond acceptors (Lipinski definition) is 2. The number of quaternary nitrogens is 3. The van der Waals surface area contributed by atoms with Crippen molar-refractivity contribution in [2.24, 2.45) is 0 Å². The average Bonchev–Trinajstić information content (AvgIpc) is 3.25. The van der Waals surface area contributed by atoms with Gasteiger partial charge < -0.3 is 64.2 Å². The number of likely N-dealkylation sites (tertiary alicyclic amines) is 1. The maximum absolute atomic E-state index is 13.1. The third kappa shape index (κ3) is 11.3. The van der Waals surface area contributed by atoms with E-state index in [4.69, 9.17) is 0 Å². The lowest BCUT2D eigenvalue weighted by Crippen LogP contribution is -3.11. The summed E-state index contributed by atoms with van der Waals surface area (Å²) in [5.41, 5.74) is 8.22. The van der Waals surface area contributed by atoms with Gasteiger partial charge in [-0.25, -0.2) is 0 Å². The number of aryl methyl sites for hydroxylation is 1. The van der Waals surface area contributed by atoms with Crippen molar-refractivity contribution in [2.45, 2.75) is 50.0 Å². The molecule has 1 aliphatic rings. The van der Waals surface area contributed by atoms with E-state index in [1.54, 1.807) is 0 Å². The molecule has 1 fully saturated rings. The number of alkyl halides is 3. The van der Waals surface area contributed by atoms with E-state index in [0.717, 1.165) is 43.8 Å². The fourth-order valence-corrected chi connectivity index (χ4v) is 4.27. The molecule has 1 saturated heterocycles. The Kier molecular flexibility index (Phi) is 15.9. The minimum Gasteiger partial charge on any atom is -1.00 e. The Morgan fingerprint density at radius 2 is 1.68 bits per heavy atom. The number of rotatable bonds is 10. The molecule has 0 aromatic heterocycles. The molecular formula is C25H35Cl3F3N5O2. The highest BCUT2D eigenvalue weighted by molar-refractivity contribution is 5.97. The van der Waals surface area contributed by atoms with E-state index in [0.29, 0.717) is 25.3 Å². The van der Waals surface area contributed by atoms with E-state index >= 15 is 0 Å². The first-order chi connectivity index (χ1) is 16.6. The van der Waals surface area contributed by atoms with E-state index < -0.39 is 29.7 Å². The molecule has 0 aliphatic carbocycles. The van der Waals surface area contributed by atoms with E-state index in [2.05, 4.69) is 22.1 Å². The molecule has 13 heteroatoms. The number of anilines is 1. The predicted molar refractivity (Wildman–Crippen MR) is 125 cm³/mol. The minimum atomic E-state index is -4.52. The lowest BCUT2D eigenvalue weighted by molar-refractivity contribution is -0.893. The Labute approximate surface area is 239 Å². The highest BCUT2D eigenvalue weighted by atomic mass is 35.5. The molecule has 0 radical (unpaired) electrons. The summed E-state index contributed by atoms with van der Waals surface area (Å²) < 4.78 is 39.2. The molecule has 9 N–H and O–H groups in total. The highest BCUT2D eigenvalue weighted by Crippen LogP contribution is 2.30. The first-order valence-electron chi connectivity index (χ1n) is 11.9. The Morgan fingerprint density at radius 1 is 1.00 bits per heavy atom. The maximum atomic E-state index is 13.1. The fourth-order valence-electron chi connectivity index (χ4n) is 4.27. The second kappa shape index (κ2) is 16.8. The van der Waals surface area contributed by atoms with Crippen molar-refractivity contribution in [3.8, 4) is 0 Å². The van der Waals surface area contributed by atoms with Crippen molar-refractivity contribution in [1.82, 2.24) is 5.32 Å². The van der Waals surface area contributed by atoms with Gasteiger partial charge in [-0.3, -0.25) is 9.59 Å². The maximum Gasteiger partial charge on any atom is 0.416 e. The summed E-state index contributed by atoms with van der Waals surface area (Å²) in [5.74, 6) is -0.905. The van der Waals surface area contributed by atoms with Gasteiger partial charge in [0.1, 0.15) is 18.6 Å². The molecule has 0 bridgehead atoms. The van der Waals surface area contributed by atoms with Crippen molar-refractivity contribution < 1.29 is 76.3 Å². The summed E-state index contributed by atoms with van der Waals surface area (Å²) >= 11 is 0. The molecule has 1 heterocycles. The Balaban J connectivity index is 0.00000456. The van der Waals surface area contributed by atoms with Gasteiger partial charge in [-0.2, -0.15) is 13.2 Å². The van der Waals surface area contributed by atoms with Crippen LogP contribution in [-0.4, -0.2) is 49.6 Å². The number of nitrogens with one attached hydrogen (secondary N) is 3. The van der Waals surface area contributed by atoms with E-state index in [1.807, 2.05) is 30.3 Å². The SMILES string of the molecule is [Cl-].[Cl-].[Cl-].[NH3+][C@@H]1CC[NH+](CC[C@H]([NH3+])C(=O)N[C@@H](CCc2ccccc2)C(=O)Nc2cccc(C(F)(F)F)c2)C1. The van der Waals surface area contributed by atoms with E-state index in [-0.39, 0.29) is 48.8 Å². The van der Waals surface area contributed by atoms with Gasteiger partial charge in [0.2, 0.25) is 5.91 Å². The van der Waals surface area contributed by atoms with Crippen LogP contribution in [0, 0.1) is 0 Å². The normalized spacial score (nSPS) is 18.1. The summed E-state index contributed by atoms with van der Waals surface area (Å²) in [6.45, 7) is 2.81. The Morgan fingerprint density at radius 3 is 2.29 bits per heavy atom. The molecule has 2 amide bonds. The van der Waals surface area contributed by atoms with Crippen LogP contribution in [0.5, 0.6) is 0 Å². The van der Waals surface area contributed by atoms with Crippen LogP contribution in [0.1, 0.15) is 30.4 Å². The molecule has 1 aliphatic heterocycles. The van der Waals surface area contributed by atoms with Crippen LogP contribution in [0.3, 0.4) is 0 Å². The van der Waals surface area contributed by atoms with Gasteiger partial charge in [0, 0.05) is 5.69 Å². The van der Waals surface area contributed by atoms with Gasteiger partial charge in [-0.15, -0.1) is 0 Å². The molecule has 0 spiro atoms. The van der Waals surface area contributed by atoms with Crippen LogP contribution in [-0.2, 0) is 22.2 Å². The summed E-state index contributed by atoms with van der Waals surface area (Å²) in [6.07, 6.45) is -2.05. The van der Waals surface area contributed by atoms with E-state index in [1.165, 1.54) is 17.0 Å². The molecule has 214 valence electrons. The van der Waals surface area contributed by atoms with Crippen LogP contribution in [0.25, 0.3) is 0 Å². The summed E-state index contributed by atoms with van der Waals surface area (Å²) in [4.78, 5) is 27.3. The zero-order chi connectivity index (χ0) is 25.4. The molecule has 3 rings (SSSR count). The third-order valence-corrected chi connectivity index (χ3v) is 6.36. The van der Waals surface area contributed by atoms with Crippen LogP contribution in [0.15, 0.2) is 54.6 Å². The monoisotopic (exact) mass is 599 g/mol. The van der Waals surface area contributed by atoms with Crippen LogP contribution in [0.4, 0.5) is 18.9 Å². The zero-order valence-corrected chi connectivity index (χ0v) is 23.1. The Bertz CT molecular complexity index is 1000. The van der Waals surface area contributed by atoms with Gasteiger partial charge in [-0.1, -0.05) is 36.4 Å². The summed E-state index contributed by atoms with van der Waals surface area (Å²) in [6, 6.07) is 12.9. The van der Waals surface area contributed by atoms with Crippen molar-refractivity contribution in [3.63, 3.8) is 0 Å². The van der Waals surface area contributed by atoms with Crippen molar-refractivity contribution in [3.05, 3.63) is 65.7 Å². The van der Waals surface area contributed by atoms with Gasteiger partial charge in [-0.05, 0) is 36.6 Å². The van der Waals surface area contributed by atoms with Gasteiger partial charge in [0.25, 0.3) is 5.91 Å². The second-order valence-electron chi connectivity index (χ2n) is 9.25. The quantitative estimate of drug-likeness (QED) is 0.186. The van der Waals surface area contributed by atoms with Crippen molar-refractivity contribution in [1.29, 1.82) is 0 Å². The third-order valence-electron chi connectivity index (χ3n) is 6.36. The molecule has 2 aromatic rings. The molecule has 2 aromatic carbocycles. The lowest BCUT2D eigenvalue weighted by Gasteiger charge is -2.21. The van der Waals surface area contributed by atoms with Crippen LogP contribution >= 0.6 is 0 Å². The highest BCUT2D eigenvalue weighted by Gasteiger charge is 2.32. The summed E-state index contributed by atoms with van der Waals surface area (Å²) in [5, 5.41) is 5.31. The average molecular weight is 601 g/mol. The van der Waals surface area contributed by atoms with E-state index in [9.17, 15) is 22.8 Å². The molecular weight excluding hydrogens is 566 g/mol. The first-order valence-corrected chi connectivity index (χ1v) is 11.9.